The number of hydrogen-bond donors (Lipinski definition) is 1. The summed E-state index contributed by atoms with van der Waals surface area (Å²) < 4.78 is 3.36. The largest absolute Gasteiger partial charge is 0.346 e. The van der Waals surface area contributed by atoms with Crippen molar-refractivity contribution in [1.29, 1.82) is 0 Å². The molecule has 1 N–H and O–H groups in total. The molecule has 2 heterocycles. The number of anilines is 1. The van der Waals surface area contributed by atoms with Crippen LogP contribution in [0.2, 0.25) is 5.02 Å². The first-order valence-corrected chi connectivity index (χ1v) is 9.90. The molecule has 0 saturated heterocycles. The molecule has 0 bridgehead atoms. The van der Waals surface area contributed by atoms with Crippen LogP contribution in [0.1, 0.15) is 31.2 Å². The topological polar surface area (TPSA) is 26.5 Å². The predicted molar refractivity (Wildman–Crippen MR) is 105 cm³/mol. The molecule has 0 fully saturated rings. The van der Waals surface area contributed by atoms with Crippen LogP contribution < -0.4 is 4.90 Å². The van der Waals surface area contributed by atoms with Crippen LogP contribution in [0, 0.1) is 0 Å². The summed E-state index contributed by atoms with van der Waals surface area (Å²) >= 11 is 9.57. The van der Waals surface area contributed by atoms with Crippen molar-refractivity contribution < 1.29 is 9.68 Å². The standard InChI is InChI=1S/C20H21BrClN2O/c21-16-7-5-15(6-8-16)20(25)14-23-13-3-1-2-4-19(23)24(20)18-11-9-17(22)10-12-18/h5-12,25H,1-4,13-14H2/q+1. The van der Waals surface area contributed by atoms with Crippen LogP contribution in [0.3, 0.4) is 0 Å². The molecular formula is C20H21BrClN2O+. The number of aliphatic hydroxyl groups is 1. The summed E-state index contributed by atoms with van der Waals surface area (Å²) in [6, 6.07) is 15.7. The molecule has 0 aliphatic carbocycles. The van der Waals surface area contributed by atoms with Crippen molar-refractivity contribution in [3.8, 4) is 0 Å². The Morgan fingerprint density at radius 2 is 1.72 bits per heavy atom. The summed E-state index contributed by atoms with van der Waals surface area (Å²) in [4.78, 5) is 2.11. The highest BCUT2D eigenvalue weighted by atomic mass is 79.9. The van der Waals surface area contributed by atoms with Gasteiger partial charge in [-0.1, -0.05) is 39.7 Å². The molecule has 0 aromatic heterocycles. The van der Waals surface area contributed by atoms with Crippen molar-refractivity contribution >= 4 is 39.1 Å². The summed E-state index contributed by atoms with van der Waals surface area (Å²) in [5, 5.41) is 12.5. The molecule has 0 radical (unpaired) electrons. The normalized spacial score (nSPS) is 23.6. The van der Waals surface area contributed by atoms with Crippen LogP contribution in [0.4, 0.5) is 5.69 Å². The second kappa shape index (κ2) is 6.75. The molecule has 2 aromatic rings. The van der Waals surface area contributed by atoms with Gasteiger partial charge in [0.2, 0.25) is 0 Å². The van der Waals surface area contributed by atoms with Crippen molar-refractivity contribution in [2.24, 2.45) is 0 Å². The molecule has 1 atom stereocenters. The average Bonchev–Trinajstić information content (AvgIpc) is 2.74. The summed E-state index contributed by atoms with van der Waals surface area (Å²) in [6.45, 7) is 1.59. The van der Waals surface area contributed by atoms with E-state index in [9.17, 15) is 5.11 Å². The van der Waals surface area contributed by atoms with Crippen molar-refractivity contribution in [2.45, 2.75) is 31.4 Å². The summed E-state index contributed by atoms with van der Waals surface area (Å²) in [5.41, 5.74) is 0.821. The summed E-state index contributed by atoms with van der Waals surface area (Å²) in [5.74, 6) is 1.21. The Morgan fingerprint density at radius 1 is 1.00 bits per heavy atom. The minimum Gasteiger partial charge on any atom is -0.346 e. The fraction of sp³-hybridized carbons (Fsp3) is 0.350. The predicted octanol–water partition coefficient (Wildman–Crippen LogP) is 4.75. The van der Waals surface area contributed by atoms with Gasteiger partial charge in [0.1, 0.15) is 5.69 Å². The highest BCUT2D eigenvalue weighted by molar-refractivity contribution is 9.10. The number of rotatable bonds is 2. The molecule has 0 spiro atoms. The maximum atomic E-state index is 11.8. The van der Waals surface area contributed by atoms with Crippen LogP contribution in [-0.4, -0.2) is 28.6 Å². The van der Waals surface area contributed by atoms with Crippen LogP contribution >= 0.6 is 27.5 Å². The fourth-order valence-electron chi connectivity index (χ4n) is 3.91. The van der Waals surface area contributed by atoms with Crippen molar-refractivity contribution in [3.05, 3.63) is 63.6 Å². The van der Waals surface area contributed by atoms with Crippen molar-refractivity contribution in [2.75, 3.05) is 18.0 Å². The smallest absolute Gasteiger partial charge is 0.275 e. The molecular weight excluding hydrogens is 400 g/mol. The molecule has 0 amide bonds. The minimum atomic E-state index is -1.07. The second-order valence-electron chi connectivity index (χ2n) is 6.78. The maximum Gasteiger partial charge on any atom is 0.275 e. The van der Waals surface area contributed by atoms with Gasteiger partial charge in [-0.05, 0) is 55.7 Å². The molecule has 25 heavy (non-hydrogen) atoms. The van der Waals surface area contributed by atoms with Gasteiger partial charge in [0.25, 0.3) is 11.6 Å². The molecule has 130 valence electrons. The lowest BCUT2D eigenvalue weighted by atomic mass is 10.00. The zero-order valence-corrected chi connectivity index (χ0v) is 16.3. The van der Waals surface area contributed by atoms with Gasteiger partial charge in [0, 0.05) is 21.5 Å². The number of amidine groups is 1. The van der Waals surface area contributed by atoms with Gasteiger partial charge in [0.15, 0.2) is 6.54 Å². The van der Waals surface area contributed by atoms with Gasteiger partial charge < -0.3 is 5.11 Å². The van der Waals surface area contributed by atoms with Crippen molar-refractivity contribution in [1.82, 2.24) is 0 Å². The molecule has 5 heteroatoms. The molecule has 1 unspecified atom stereocenters. The summed E-state index contributed by atoms with van der Waals surface area (Å²) in [7, 11) is 0. The monoisotopic (exact) mass is 419 g/mol. The van der Waals surface area contributed by atoms with E-state index in [4.69, 9.17) is 11.6 Å². The van der Waals surface area contributed by atoms with Gasteiger partial charge in [-0.25, -0.2) is 0 Å². The SMILES string of the molecule is OC1(c2ccc(Br)cc2)C[N+]2=C(CCCCC2)N1c1ccc(Cl)cc1. The molecule has 2 aromatic carbocycles. The number of halogens is 2. The lowest BCUT2D eigenvalue weighted by Crippen LogP contribution is -2.47. The van der Waals surface area contributed by atoms with E-state index < -0.39 is 5.72 Å². The number of benzene rings is 2. The molecule has 4 rings (SSSR count). The Morgan fingerprint density at radius 3 is 2.44 bits per heavy atom. The molecule has 2 aliphatic rings. The van der Waals surface area contributed by atoms with E-state index in [-0.39, 0.29) is 0 Å². The molecule has 0 saturated carbocycles. The quantitative estimate of drug-likeness (QED) is 0.710. The second-order valence-corrected chi connectivity index (χ2v) is 8.14. The maximum absolute atomic E-state index is 11.8. The van der Waals surface area contributed by atoms with Gasteiger partial charge in [0.05, 0.1) is 6.54 Å². The van der Waals surface area contributed by atoms with E-state index in [1.165, 1.54) is 18.7 Å². The van der Waals surface area contributed by atoms with E-state index in [0.717, 1.165) is 35.1 Å². The lowest BCUT2D eigenvalue weighted by molar-refractivity contribution is -0.534. The van der Waals surface area contributed by atoms with Crippen molar-refractivity contribution in [3.63, 3.8) is 0 Å². The van der Waals surface area contributed by atoms with Crippen LogP contribution in [-0.2, 0) is 5.72 Å². The van der Waals surface area contributed by atoms with E-state index in [2.05, 4.69) is 25.4 Å². The van der Waals surface area contributed by atoms with Crippen LogP contribution in [0.25, 0.3) is 0 Å². The first-order chi connectivity index (χ1) is 12.1. The zero-order valence-electron chi connectivity index (χ0n) is 14.0. The Bertz CT molecular complexity index is 803. The zero-order chi connectivity index (χ0) is 17.4. The Kier molecular flexibility index (Phi) is 4.61. The highest BCUT2D eigenvalue weighted by Gasteiger charge is 2.53. The van der Waals surface area contributed by atoms with E-state index in [1.807, 2.05) is 48.5 Å². The highest BCUT2D eigenvalue weighted by Crippen LogP contribution is 2.38. The number of nitrogens with zero attached hydrogens (tertiary/aromatic N) is 2. The third kappa shape index (κ3) is 3.12. The lowest BCUT2D eigenvalue weighted by Gasteiger charge is -2.29. The van der Waals surface area contributed by atoms with Gasteiger partial charge in [-0.3, -0.25) is 4.58 Å². The van der Waals surface area contributed by atoms with E-state index in [1.54, 1.807) is 0 Å². The van der Waals surface area contributed by atoms with Gasteiger partial charge in [-0.2, -0.15) is 4.90 Å². The van der Waals surface area contributed by atoms with E-state index >= 15 is 0 Å². The van der Waals surface area contributed by atoms with Crippen LogP contribution in [0.5, 0.6) is 0 Å². The summed E-state index contributed by atoms with van der Waals surface area (Å²) in [6.07, 6.45) is 4.56. The third-order valence-corrected chi connectivity index (χ3v) is 5.90. The number of hydrogen-bond acceptors (Lipinski definition) is 2. The van der Waals surface area contributed by atoms with Crippen LogP contribution in [0.15, 0.2) is 53.0 Å². The first kappa shape index (κ1) is 17.1. The Balaban J connectivity index is 1.83. The Labute approximate surface area is 161 Å². The van der Waals surface area contributed by atoms with E-state index in [0.29, 0.717) is 11.6 Å². The van der Waals surface area contributed by atoms with Gasteiger partial charge >= 0.3 is 0 Å². The average molecular weight is 421 g/mol. The third-order valence-electron chi connectivity index (χ3n) is 5.12. The minimum absolute atomic E-state index is 0.590. The first-order valence-electron chi connectivity index (χ1n) is 8.73. The fourth-order valence-corrected chi connectivity index (χ4v) is 4.30. The molecule has 3 nitrogen and oxygen atoms in total. The molecule has 2 aliphatic heterocycles. The Hall–Kier alpha value is -1.36. The van der Waals surface area contributed by atoms with Gasteiger partial charge in [-0.15, -0.1) is 0 Å².